The summed E-state index contributed by atoms with van der Waals surface area (Å²) >= 11 is 6.10. The van der Waals surface area contributed by atoms with Crippen molar-refractivity contribution in [3.63, 3.8) is 0 Å². The lowest BCUT2D eigenvalue weighted by molar-refractivity contribution is 0.0562. The Labute approximate surface area is 250 Å². The predicted molar refractivity (Wildman–Crippen MR) is 164 cm³/mol. The van der Waals surface area contributed by atoms with Gasteiger partial charge in [-0.15, -0.1) is 0 Å². The van der Waals surface area contributed by atoms with Gasteiger partial charge in [0.05, 0.1) is 24.2 Å². The zero-order valence-electron chi connectivity index (χ0n) is 23.6. The number of amides is 1. The van der Waals surface area contributed by atoms with Crippen LogP contribution < -0.4 is 14.8 Å². The van der Waals surface area contributed by atoms with Gasteiger partial charge in [-0.1, -0.05) is 54.1 Å². The first-order valence-electron chi connectivity index (χ1n) is 12.9. The van der Waals surface area contributed by atoms with Crippen LogP contribution >= 0.6 is 11.6 Å². The average molecular weight is 607 g/mol. The number of hydrogen-bond acceptors (Lipinski definition) is 7. The maximum atomic E-state index is 13.0. The van der Waals surface area contributed by atoms with Gasteiger partial charge in [-0.25, -0.2) is 22.9 Å². The van der Waals surface area contributed by atoms with Crippen LogP contribution in [0.1, 0.15) is 26.3 Å². The van der Waals surface area contributed by atoms with E-state index < -0.39 is 21.7 Å². The fraction of sp³-hybridized carbons (Fsp3) is 0.194. The summed E-state index contributed by atoms with van der Waals surface area (Å²) in [6.07, 6.45) is 0.796. The topological polar surface area (TPSA) is 119 Å². The molecule has 2 N–H and O–H groups in total. The SMILES string of the molecule is COc1ccc(-c2cc(CN=C(NC(=O)OC(C)(C)C)NS(=O)(=O)c3ccccc3)cnc2-c2ccc(Cl)cc2)cc1. The van der Waals surface area contributed by atoms with Gasteiger partial charge in [-0.05, 0) is 74.4 Å². The number of halogens is 1. The summed E-state index contributed by atoms with van der Waals surface area (Å²) in [5.74, 6) is 0.421. The second kappa shape index (κ2) is 13.1. The molecule has 4 aromatic rings. The van der Waals surface area contributed by atoms with E-state index in [2.05, 4.69) is 15.0 Å². The molecule has 0 bridgehead atoms. The molecule has 0 atom stereocenters. The molecular weight excluding hydrogens is 576 g/mol. The normalized spacial score (nSPS) is 12.0. The van der Waals surface area contributed by atoms with Crippen molar-refractivity contribution < 1.29 is 22.7 Å². The number of hydrogen-bond donors (Lipinski definition) is 2. The summed E-state index contributed by atoms with van der Waals surface area (Å²) < 4.78 is 39.0. The first-order valence-corrected chi connectivity index (χ1v) is 14.8. The number of carbonyl (C=O) groups excluding carboxylic acids is 1. The molecule has 1 amide bonds. The van der Waals surface area contributed by atoms with Gasteiger partial charge in [0.15, 0.2) is 0 Å². The maximum Gasteiger partial charge on any atom is 0.414 e. The van der Waals surface area contributed by atoms with E-state index in [9.17, 15) is 13.2 Å². The molecule has 4 rings (SSSR count). The molecule has 218 valence electrons. The largest absolute Gasteiger partial charge is 0.497 e. The molecule has 3 aromatic carbocycles. The fourth-order valence-corrected chi connectivity index (χ4v) is 5.01. The first kappa shape index (κ1) is 30.5. The number of rotatable bonds is 7. The monoisotopic (exact) mass is 606 g/mol. The third-order valence-electron chi connectivity index (χ3n) is 5.79. The number of ether oxygens (including phenoxy) is 2. The molecule has 0 unspecified atom stereocenters. The van der Waals surface area contributed by atoms with Gasteiger partial charge in [0.25, 0.3) is 10.0 Å². The highest BCUT2D eigenvalue weighted by Crippen LogP contribution is 2.33. The van der Waals surface area contributed by atoms with Crippen LogP contribution in [0.25, 0.3) is 22.4 Å². The molecule has 0 radical (unpaired) electrons. The van der Waals surface area contributed by atoms with Crippen molar-refractivity contribution in [2.45, 2.75) is 37.8 Å². The molecule has 1 aromatic heterocycles. The third-order valence-corrected chi connectivity index (χ3v) is 7.39. The Hall–Kier alpha value is -4.41. The van der Waals surface area contributed by atoms with Crippen molar-refractivity contribution in [1.29, 1.82) is 0 Å². The Kier molecular flexibility index (Phi) is 9.49. The van der Waals surface area contributed by atoms with Gasteiger partial charge >= 0.3 is 6.09 Å². The fourth-order valence-electron chi connectivity index (χ4n) is 3.88. The van der Waals surface area contributed by atoms with Crippen molar-refractivity contribution in [2.75, 3.05) is 7.11 Å². The number of carbonyl (C=O) groups is 1. The van der Waals surface area contributed by atoms with Crippen LogP contribution in [0.3, 0.4) is 0 Å². The molecular formula is C31H31ClN4O5S. The maximum absolute atomic E-state index is 13.0. The number of benzene rings is 3. The smallest absolute Gasteiger partial charge is 0.414 e. The lowest BCUT2D eigenvalue weighted by Crippen LogP contribution is -2.45. The molecule has 11 heteroatoms. The van der Waals surface area contributed by atoms with Crippen LogP contribution in [0.15, 0.2) is 101 Å². The van der Waals surface area contributed by atoms with Crippen molar-refractivity contribution in [2.24, 2.45) is 4.99 Å². The first-order chi connectivity index (χ1) is 19.9. The molecule has 0 spiro atoms. The van der Waals surface area contributed by atoms with Gasteiger partial charge in [0.2, 0.25) is 5.96 Å². The van der Waals surface area contributed by atoms with Crippen LogP contribution in [-0.2, 0) is 21.3 Å². The van der Waals surface area contributed by atoms with Gasteiger partial charge in [0, 0.05) is 22.3 Å². The Morgan fingerprint density at radius 1 is 0.952 bits per heavy atom. The highest BCUT2D eigenvalue weighted by Gasteiger charge is 2.21. The minimum Gasteiger partial charge on any atom is -0.497 e. The number of alkyl carbamates (subject to hydrolysis) is 1. The number of pyridine rings is 1. The number of aromatic nitrogens is 1. The van der Waals surface area contributed by atoms with Crippen LogP contribution in [0.2, 0.25) is 5.02 Å². The van der Waals surface area contributed by atoms with E-state index >= 15 is 0 Å². The minimum absolute atomic E-state index is 0.000503. The summed E-state index contributed by atoms with van der Waals surface area (Å²) in [5.41, 5.74) is 3.16. The second-order valence-electron chi connectivity index (χ2n) is 10.2. The summed E-state index contributed by atoms with van der Waals surface area (Å²) in [6.45, 7) is 5.10. The Morgan fingerprint density at radius 2 is 1.60 bits per heavy atom. The molecule has 1 heterocycles. The summed E-state index contributed by atoms with van der Waals surface area (Å²) in [6, 6.07) is 24.6. The summed E-state index contributed by atoms with van der Waals surface area (Å²) in [4.78, 5) is 21.7. The number of aliphatic imine (C=N–C) groups is 1. The van der Waals surface area contributed by atoms with Crippen molar-refractivity contribution in [3.05, 3.63) is 102 Å². The van der Waals surface area contributed by atoms with Crippen LogP contribution in [0.4, 0.5) is 4.79 Å². The molecule has 0 saturated carbocycles. The van der Waals surface area contributed by atoms with Crippen molar-refractivity contribution in [1.82, 2.24) is 15.0 Å². The van der Waals surface area contributed by atoms with E-state index in [1.165, 1.54) is 12.1 Å². The molecule has 0 fully saturated rings. The Balaban J connectivity index is 1.70. The summed E-state index contributed by atoms with van der Waals surface area (Å²) in [5, 5.41) is 3.03. The van der Waals surface area contributed by atoms with E-state index in [0.717, 1.165) is 22.4 Å². The lowest BCUT2D eigenvalue weighted by atomic mass is 9.98. The number of nitrogens with zero attached hydrogens (tertiary/aromatic N) is 2. The summed E-state index contributed by atoms with van der Waals surface area (Å²) in [7, 11) is -2.45. The van der Waals surface area contributed by atoms with E-state index in [1.807, 2.05) is 42.5 Å². The van der Waals surface area contributed by atoms with E-state index in [1.54, 1.807) is 64.4 Å². The highest BCUT2D eigenvalue weighted by molar-refractivity contribution is 7.90. The number of sulfonamides is 1. The lowest BCUT2D eigenvalue weighted by Gasteiger charge is -2.20. The molecule has 9 nitrogen and oxygen atoms in total. The minimum atomic E-state index is -4.05. The van der Waals surface area contributed by atoms with Crippen LogP contribution in [0, 0.1) is 0 Å². The van der Waals surface area contributed by atoms with Gasteiger partial charge in [-0.3, -0.25) is 10.3 Å². The molecule has 42 heavy (non-hydrogen) atoms. The van der Waals surface area contributed by atoms with Crippen molar-refractivity contribution in [3.8, 4) is 28.1 Å². The number of methoxy groups -OCH3 is 1. The Morgan fingerprint density at radius 3 is 2.21 bits per heavy atom. The van der Waals surface area contributed by atoms with E-state index in [4.69, 9.17) is 26.1 Å². The highest BCUT2D eigenvalue weighted by atomic mass is 35.5. The average Bonchev–Trinajstić information content (AvgIpc) is 2.95. The molecule has 0 aliphatic carbocycles. The standard InChI is InChI=1S/C31H31ClN4O5S/c1-31(2,3)41-30(37)35-29(36-42(38,39)26-8-6-5-7-9-26)34-20-21-18-27(22-12-16-25(40-4)17-13-22)28(33-19-21)23-10-14-24(32)15-11-23/h5-19H,20H2,1-4H3,(H2,34,35,36,37). The van der Waals surface area contributed by atoms with E-state index in [-0.39, 0.29) is 17.4 Å². The molecule has 0 saturated heterocycles. The zero-order chi connectivity index (χ0) is 30.3. The Bertz CT molecular complexity index is 1670. The van der Waals surface area contributed by atoms with E-state index in [0.29, 0.717) is 16.3 Å². The second-order valence-corrected chi connectivity index (χ2v) is 12.3. The van der Waals surface area contributed by atoms with Gasteiger partial charge in [-0.2, -0.15) is 0 Å². The zero-order valence-corrected chi connectivity index (χ0v) is 25.2. The molecule has 0 aliphatic rings. The molecule has 0 aliphatic heterocycles. The predicted octanol–water partition coefficient (Wildman–Crippen LogP) is 6.44. The van der Waals surface area contributed by atoms with Gasteiger partial charge < -0.3 is 9.47 Å². The van der Waals surface area contributed by atoms with Gasteiger partial charge in [0.1, 0.15) is 11.4 Å². The quantitative estimate of drug-likeness (QED) is 0.185. The van der Waals surface area contributed by atoms with Crippen molar-refractivity contribution >= 4 is 33.7 Å². The number of nitrogens with one attached hydrogen (secondary N) is 2. The number of guanidine groups is 1. The third kappa shape index (κ3) is 8.31. The van der Waals surface area contributed by atoms with Crippen LogP contribution in [0.5, 0.6) is 5.75 Å². The van der Waals surface area contributed by atoms with Crippen LogP contribution in [-0.4, -0.2) is 38.2 Å².